The first-order chi connectivity index (χ1) is 25.3. The highest BCUT2D eigenvalue weighted by atomic mass is 16.5. The molecular formula is C45H69N5O2. The quantitative estimate of drug-likeness (QED) is 0.139. The molecule has 0 bridgehead atoms. The molecule has 0 aromatic carbocycles. The second-order valence-electron chi connectivity index (χ2n) is 16.8. The van der Waals surface area contributed by atoms with Crippen LogP contribution in [0, 0.1) is 35.5 Å². The zero-order chi connectivity index (χ0) is 36.6. The lowest BCUT2D eigenvalue weighted by atomic mass is 9.78. The fourth-order valence-electron chi connectivity index (χ4n) is 10.1. The second kappa shape index (κ2) is 18.5. The van der Waals surface area contributed by atoms with E-state index in [9.17, 15) is 4.79 Å². The van der Waals surface area contributed by atoms with E-state index in [-0.39, 0.29) is 5.92 Å². The minimum absolute atomic E-state index is 0.117. The first kappa shape index (κ1) is 38.9. The van der Waals surface area contributed by atoms with Gasteiger partial charge in [0, 0.05) is 63.9 Å². The van der Waals surface area contributed by atoms with Crippen molar-refractivity contribution in [1.29, 1.82) is 0 Å². The SMILES string of the molecule is C=C=C(C[C@H](CC1=CC=CC(CC)C(CC)=C1)C(=O)N1CCC(C2CCN(C)CC2)CC1)N1CCC(N(CCC2=C(N)C=CC3CC23)COC)CC1. The number of nitrogens with zero attached hydrogens (tertiary/aromatic N) is 4. The molecule has 1 amide bonds. The molecule has 52 heavy (non-hydrogen) atoms. The van der Waals surface area contributed by atoms with Gasteiger partial charge in [-0.3, -0.25) is 9.69 Å². The largest absolute Gasteiger partial charge is 0.399 e. The van der Waals surface area contributed by atoms with Crippen LogP contribution in [0.4, 0.5) is 0 Å². The fourth-order valence-corrected chi connectivity index (χ4v) is 10.1. The lowest BCUT2D eigenvalue weighted by molar-refractivity contribution is -0.137. The number of carbonyl (C=O) groups is 1. The molecule has 3 heterocycles. The van der Waals surface area contributed by atoms with Crippen molar-refractivity contribution in [3.05, 3.63) is 76.9 Å². The van der Waals surface area contributed by atoms with Gasteiger partial charge in [0.05, 0.1) is 12.4 Å². The Balaban J connectivity index is 1.10. The van der Waals surface area contributed by atoms with Crippen LogP contribution in [0.5, 0.6) is 0 Å². The molecule has 3 saturated heterocycles. The molecule has 0 radical (unpaired) electrons. The van der Waals surface area contributed by atoms with Gasteiger partial charge in [-0.05, 0) is 138 Å². The van der Waals surface area contributed by atoms with Gasteiger partial charge in [0.2, 0.25) is 5.91 Å². The van der Waals surface area contributed by atoms with Crippen LogP contribution >= 0.6 is 0 Å². The monoisotopic (exact) mass is 712 g/mol. The van der Waals surface area contributed by atoms with Gasteiger partial charge in [-0.1, -0.05) is 56.4 Å². The Morgan fingerprint density at radius 3 is 2.37 bits per heavy atom. The Morgan fingerprint density at radius 2 is 1.71 bits per heavy atom. The number of nitrogens with two attached hydrogens (primary N) is 1. The third kappa shape index (κ3) is 9.63. The van der Waals surface area contributed by atoms with Crippen molar-refractivity contribution < 1.29 is 9.53 Å². The summed E-state index contributed by atoms with van der Waals surface area (Å²) in [6.07, 6.45) is 26.6. The van der Waals surface area contributed by atoms with Crippen LogP contribution in [0.15, 0.2) is 76.9 Å². The molecule has 0 aromatic rings. The Kier molecular flexibility index (Phi) is 13.8. The first-order valence-electron chi connectivity index (χ1n) is 20.9. The van der Waals surface area contributed by atoms with Gasteiger partial charge in [0.15, 0.2) is 0 Å². The van der Waals surface area contributed by atoms with Crippen LogP contribution in [-0.4, -0.2) is 98.3 Å². The molecular weight excluding hydrogens is 643 g/mol. The predicted molar refractivity (Wildman–Crippen MR) is 214 cm³/mol. The molecule has 1 saturated carbocycles. The third-order valence-corrected chi connectivity index (χ3v) is 13.6. The molecule has 7 nitrogen and oxygen atoms in total. The zero-order valence-electron chi connectivity index (χ0n) is 33.0. The molecule has 0 spiro atoms. The van der Waals surface area contributed by atoms with E-state index in [1.54, 1.807) is 0 Å². The normalized spacial score (nSPS) is 26.9. The zero-order valence-corrected chi connectivity index (χ0v) is 33.0. The van der Waals surface area contributed by atoms with Crippen molar-refractivity contribution in [2.75, 3.05) is 66.7 Å². The van der Waals surface area contributed by atoms with Crippen molar-refractivity contribution in [2.45, 2.75) is 96.9 Å². The third-order valence-electron chi connectivity index (χ3n) is 13.6. The summed E-state index contributed by atoms with van der Waals surface area (Å²) in [5, 5.41) is 0. The van der Waals surface area contributed by atoms with Crippen LogP contribution in [0.2, 0.25) is 0 Å². The number of carbonyl (C=O) groups excluding carboxylic acids is 1. The highest BCUT2D eigenvalue weighted by Gasteiger charge is 2.41. The van der Waals surface area contributed by atoms with E-state index in [1.165, 1.54) is 49.1 Å². The standard InChI is InChI=1S/C45H69N5O2/c1-6-34-11-9-10-33(28-35(34)7-2)29-39(45(51)49-23-16-37(17-24-49)36-14-21-47(4)22-15-36)30-40(8-3)48-25-18-41(19-26-48)50(32-52-5)27-20-42-43-31-38(43)12-13-44(42)46/h9-13,28,34,36-39,41,43H,3,6-7,14-27,29-32,46H2,1-2,4-5H3/t34?,38?,39-,43?/m0/s1. The van der Waals surface area contributed by atoms with Gasteiger partial charge in [-0.2, -0.15) is 0 Å². The molecule has 4 fully saturated rings. The highest BCUT2D eigenvalue weighted by Crippen LogP contribution is 2.49. The lowest BCUT2D eigenvalue weighted by Gasteiger charge is -2.41. The van der Waals surface area contributed by atoms with Crippen molar-refractivity contribution in [1.82, 2.24) is 19.6 Å². The molecule has 286 valence electrons. The van der Waals surface area contributed by atoms with Crippen LogP contribution in [-0.2, 0) is 9.53 Å². The molecule has 0 aromatic heterocycles. The van der Waals surface area contributed by atoms with Crippen LogP contribution in [0.3, 0.4) is 0 Å². The molecule has 4 atom stereocenters. The lowest BCUT2D eigenvalue weighted by Crippen LogP contribution is -2.46. The van der Waals surface area contributed by atoms with Gasteiger partial charge in [0.1, 0.15) is 0 Å². The Hall–Kier alpha value is -2.83. The highest BCUT2D eigenvalue weighted by molar-refractivity contribution is 5.79. The van der Waals surface area contributed by atoms with E-state index >= 15 is 0 Å². The van der Waals surface area contributed by atoms with E-state index in [1.807, 2.05) is 7.11 Å². The van der Waals surface area contributed by atoms with E-state index in [4.69, 9.17) is 10.5 Å². The smallest absolute Gasteiger partial charge is 0.226 e. The first-order valence-corrected chi connectivity index (χ1v) is 20.9. The maximum Gasteiger partial charge on any atom is 0.226 e. The predicted octanol–water partition coefficient (Wildman–Crippen LogP) is 7.67. The second-order valence-corrected chi connectivity index (χ2v) is 16.8. The van der Waals surface area contributed by atoms with Crippen LogP contribution in [0.25, 0.3) is 0 Å². The summed E-state index contributed by atoms with van der Waals surface area (Å²) < 4.78 is 5.71. The number of fused-ring (bicyclic) bond motifs is 1. The summed E-state index contributed by atoms with van der Waals surface area (Å²) in [5.74, 6) is 3.65. The van der Waals surface area contributed by atoms with Crippen molar-refractivity contribution in [3.63, 3.8) is 0 Å². The number of methoxy groups -OCH3 is 1. The molecule has 6 aliphatic rings. The molecule has 3 aliphatic heterocycles. The van der Waals surface area contributed by atoms with Gasteiger partial charge < -0.3 is 25.2 Å². The van der Waals surface area contributed by atoms with Gasteiger partial charge in [-0.15, -0.1) is 5.73 Å². The number of likely N-dealkylation sites (tertiary alicyclic amines) is 3. The number of allylic oxidation sites excluding steroid dienone is 9. The summed E-state index contributed by atoms with van der Waals surface area (Å²) in [6, 6.07) is 0.466. The number of amides is 1. The van der Waals surface area contributed by atoms with Crippen LogP contribution in [0.1, 0.15) is 90.9 Å². The van der Waals surface area contributed by atoms with E-state index in [0.717, 1.165) is 107 Å². The Labute approximate surface area is 316 Å². The van der Waals surface area contributed by atoms with Crippen molar-refractivity contribution in [3.8, 4) is 0 Å². The molecule has 7 heteroatoms. The molecule has 2 N–H and O–H groups in total. The minimum Gasteiger partial charge on any atom is -0.399 e. The van der Waals surface area contributed by atoms with Gasteiger partial charge >= 0.3 is 0 Å². The number of hydrogen-bond donors (Lipinski definition) is 1. The summed E-state index contributed by atoms with van der Waals surface area (Å²) >= 11 is 0. The van der Waals surface area contributed by atoms with Crippen LogP contribution < -0.4 is 5.73 Å². The average molecular weight is 712 g/mol. The summed E-state index contributed by atoms with van der Waals surface area (Å²) in [6.45, 7) is 16.5. The van der Waals surface area contributed by atoms with Crippen molar-refractivity contribution in [2.24, 2.45) is 41.2 Å². The molecule has 6 rings (SSSR count). The number of hydrogen-bond acceptors (Lipinski definition) is 6. The summed E-state index contributed by atoms with van der Waals surface area (Å²) in [7, 11) is 4.06. The minimum atomic E-state index is -0.117. The van der Waals surface area contributed by atoms with Crippen molar-refractivity contribution >= 4 is 5.91 Å². The molecule has 3 aliphatic carbocycles. The van der Waals surface area contributed by atoms with E-state index in [2.05, 4.69) is 89.3 Å². The van der Waals surface area contributed by atoms with E-state index in [0.29, 0.717) is 42.9 Å². The summed E-state index contributed by atoms with van der Waals surface area (Å²) in [4.78, 5) is 24.3. The van der Waals surface area contributed by atoms with Gasteiger partial charge in [0.25, 0.3) is 0 Å². The fraction of sp³-hybridized carbons (Fsp3) is 0.689. The van der Waals surface area contributed by atoms with E-state index < -0.39 is 0 Å². The topological polar surface area (TPSA) is 65.3 Å². The number of piperidine rings is 3. The van der Waals surface area contributed by atoms with Gasteiger partial charge in [-0.25, -0.2) is 0 Å². The summed E-state index contributed by atoms with van der Waals surface area (Å²) in [5.41, 5.74) is 16.1. The molecule has 3 unspecified atom stereocenters. The Bertz CT molecular complexity index is 1430. The Morgan fingerprint density at radius 1 is 1.02 bits per heavy atom. The average Bonchev–Trinajstić information content (AvgIpc) is 3.99. The number of ether oxygens (including phenoxy) is 1. The number of rotatable bonds is 15. The maximum absolute atomic E-state index is 14.6. The maximum atomic E-state index is 14.6.